The molecular formula is C20H35NO2. The van der Waals surface area contributed by atoms with Crippen LogP contribution in [0, 0.1) is 11.3 Å². The normalized spacial score (nSPS) is 11.4. The first-order chi connectivity index (χ1) is 11.2. The second-order valence-corrected chi connectivity index (χ2v) is 6.45. The molecule has 23 heavy (non-hydrogen) atoms. The summed E-state index contributed by atoms with van der Waals surface area (Å²) in [6.07, 6.45) is 19.7. The largest absolute Gasteiger partial charge is 0.478 e. The van der Waals surface area contributed by atoms with E-state index in [4.69, 9.17) is 10.4 Å². The third-order valence-electron chi connectivity index (χ3n) is 4.31. The molecule has 0 aromatic carbocycles. The highest BCUT2D eigenvalue weighted by Gasteiger charge is 2.05. The number of rotatable bonds is 16. The fourth-order valence-electron chi connectivity index (χ4n) is 2.83. The molecule has 0 unspecified atom stereocenters. The molecule has 0 radical (unpaired) electrons. The zero-order valence-corrected chi connectivity index (χ0v) is 15.0. The molecule has 0 aliphatic rings. The van der Waals surface area contributed by atoms with Gasteiger partial charge < -0.3 is 5.11 Å². The number of hydrogen-bond donors (Lipinski definition) is 1. The Labute approximate surface area is 142 Å². The Balaban J connectivity index is 3.26. The number of nitriles is 1. The molecule has 0 aromatic rings. The topological polar surface area (TPSA) is 61.1 Å². The SMILES string of the molecule is CCCCCCCCCCCCCCCC/C(=C/C#N)C(=O)O. The summed E-state index contributed by atoms with van der Waals surface area (Å²) in [5.74, 6) is -0.957. The van der Waals surface area contributed by atoms with E-state index in [1.165, 1.54) is 77.0 Å². The standard InChI is InChI=1S/C20H35NO2/c1-2-3-4-5-6-7-8-9-10-11-12-13-14-15-16-19(17-18-21)20(22)23/h17H,2-16H2,1H3,(H,22,23)/b19-17-. The van der Waals surface area contributed by atoms with Gasteiger partial charge >= 0.3 is 5.97 Å². The maximum atomic E-state index is 10.8. The van der Waals surface area contributed by atoms with Crippen LogP contribution in [0.25, 0.3) is 0 Å². The summed E-state index contributed by atoms with van der Waals surface area (Å²) in [6.45, 7) is 2.26. The van der Waals surface area contributed by atoms with Gasteiger partial charge in [0.2, 0.25) is 0 Å². The first kappa shape index (κ1) is 21.7. The predicted molar refractivity (Wildman–Crippen MR) is 96.3 cm³/mol. The molecule has 0 atom stereocenters. The highest BCUT2D eigenvalue weighted by Crippen LogP contribution is 2.14. The molecule has 1 N–H and O–H groups in total. The zero-order chi connectivity index (χ0) is 17.2. The van der Waals surface area contributed by atoms with Gasteiger partial charge in [0.15, 0.2) is 0 Å². The molecule has 0 spiro atoms. The highest BCUT2D eigenvalue weighted by molar-refractivity contribution is 5.87. The molecule has 0 saturated carbocycles. The Morgan fingerprint density at radius 2 is 1.22 bits per heavy atom. The average Bonchev–Trinajstić information content (AvgIpc) is 2.54. The molecule has 0 heterocycles. The van der Waals surface area contributed by atoms with Gasteiger partial charge in [-0.1, -0.05) is 90.4 Å². The number of unbranched alkanes of at least 4 members (excludes halogenated alkanes) is 13. The van der Waals surface area contributed by atoms with E-state index in [0.717, 1.165) is 18.9 Å². The Morgan fingerprint density at radius 3 is 1.57 bits per heavy atom. The first-order valence-electron chi connectivity index (χ1n) is 9.54. The van der Waals surface area contributed by atoms with Gasteiger partial charge in [-0.15, -0.1) is 0 Å². The van der Waals surface area contributed by atoms with Crippen LogP contribution < -0.4 is 0 Å². The van der Waals surface area contributed by atoms with E-state index in [9.17, 15) is 4.79 Å². The van der Waals surface area contributed by atoms with Gasteiger partial charge in [0, 0.05) is 11.6 Å². The van der Waals surface area contributed by atoms with Crippen LogP contribution in [-0.4, -0.2) is 11.1 Å². The van der Waals surface area contributed by atoms with E-state index < -0.39 is 5.97 Å². The molecule has 0 amide bonds. The van der Waals surface area contributed by atoms with Crippen LogP contribution in [0.15, 0.2) is 11.6 Å². The van der Waals surface area contributed by atoms with Crippen molar-refractivity contribution in [3.05, 3.63) is 11.6 Å². The maximum Gasteiger partial charge on any atom is 0.332 e. The lowest BCUT2D eigenvalue weighted by Gasteiger charge is -2.03. The van der Waals surface area contributed by atoms with Crippen molar-refractivity contribution >= 4 is 5.97 Å². The Hall–Kier alpha value is -1.30. The summed E-state index contributed by atoms with van der Waals surface area (Å²) >= 11 is 0. The Kier molecular flexibility index (Phi) is 16.1. The minimum absolute atomic E-state index is 0.242. The van der Waals surface area contributed by atoms with Gasteiger partial charge in [-0.25, -0.2) is 4.79 Å². The van der Waals surface area contributed by atoms with E-state index in [2.05, 4.69) is 6.92 Å². The van der Waals surface area contributed by atoms with Crippen molar-refractivity contribution in [3.63, 3.8) is 0 Å². The number of allylic oxidation sites excluding steroid dienone is 1. The molecule has 0 bridgehead atoms. The van der Waals surface area contributed by atoms with E-state index in [0.29, 0.717) is 6.42 Å². The van der Waals surface area contributed by atoms with E-state index in [1.807, 2.05) is 0 Å². The second-order valence-electron chi connectivity index (χ2n) is 6.45. The minimum Gasteiger partial charge on any atom is -0.478 e. The number of aliphatic carboxylic acids is 1. The van der Waals surface area contributed by atoms with Crippen molar-refractivity contribution in [2.45, 2.75) is 103 Å². The number of hydrogen-bond acceptors (Lipinski definition) is 2. The van der Waals surface area contributed by atoms with E-state index >= 15 is 0 Å². The molecular weight excluding hydrogens is 286 g/mol. The number of carboxylic acids is 1. The third-order valence-corrected chi connectivity index (χ3v) is 4.31. The summed E-state index contributed by atoms with van der Waals surface area (Å²) in [5.41, 5.74) is 0.242. The molecule has 3 heteroatoms. The summed E-state index contributed by atoms with van der Waals surface area (Å²) in [5, 5.41) is 17.4. The zero-order valence-electron chi connectivity index (χ0n) is 15.0. The predicted octanol–water partition coefficient (Wildman–Crippen LogP) is 6.39. The number of nitrogens with zero attached hydrogens (tertiary/aromatic N) is 1. The fraction of sp³-hybridized carbons (Fsp3) is 0.800. The second kappa shape index (κ2) is 17.1. The molecule has 0 aromatic heterocycles. The van der Waals surface area contributed by atoms with Crippen LogP contribution in [0.3, 0.4) is 0 Å². The lowest BCUT2D eigenvalue weighted by Crippen LogP contribution is -2.00. The monoisotopic (exact) mass is 321 g/mol. The number of carboxylic acid groups (broad SMARTS) is 1. The molecule has 0 fully saturated rings. The van der Waals surface area contributed by atoms with Crippen molar-refractivity contribution in [1.82, 2.24) is 0 Å². The van der Waals surface area contributed by atoms with Crippen molar-refractivity contribution < 1.29 is 9.90 Å². The number of carbonyl (C=O) groups is 1. The highest BCUT2D eigenvalue weighted by atomic mass is 16.4. The summed E-state index contributed by atoms with van der Waals surface area (Å²) in [6, 6.07) is 1.81. The van der Waals surface area contributed by atoms with Crippen LogP contribution in [0.5, 0.6) is 0 Å². The lowest BCUT2D eigenvalue weighted by atomic mass is 10.0. The quantitative estimate of drug-likeness (QED) is 0.203. The lowest BCUT2D eigenvalue weighted by molar-refractivity contribution is -0.132. The van der Waals surface area contributed by atoms with Crippen molar-refractivity contribution in [1.29, 1.82) is 5.26 Å². The van der Waals surface area contributed by atoms with Gasteiger partial charge in [0.05, 0.1) is 6.07 Å². The van der Waals surface area contributed by atoms with Gasteiger partial charge in [-0.05, 0) is 12.8 Å². The summed E-state index contributed by atoms with van der Waals surface area (Å²) < 4.78 is 0. The molecule has 0 saturated heterocycles. The van der Waals surface area contributed by atoms with Crippen LogP contribution in [-0.2, 0) is 4.79 Å². The van der Waals surface area contributed by atoms with Gasteiger partial charge in [-0.3, -0.25) is 0 Å². The van der Waals surface area contributed by atoms with E-state index in [1.54, 1.807) is 6.07 Å². The van der Waals surface area contributed by atoms with Crippen LogP contribution in [0.4, 0.5) is 0 Å². The Morgan fingerprint density at radius 1 is 0.826 bits per heavy atom. The van der Waals surface area contributed by atoms with Gasteiger partial charge in [0.25, 0.3) is 0 Å². The molecule has 0 aliphatic heterocycles. The molecule has 0 aliphatic carbocycles. The van der Waals surface area contributed by atoms with Gasteiger partial charge in [-0.2, -0.15) is 5.26 Å². The summed E-state index contributed by atoms with van der Waals surface area (Å²) in [4.78, 5) is 10.8. The van der Waals surface area contributed by atoms with Gasteiger partial charge in [0.1, 0.15) is 0 Å². The summed E-state index contributed by atoms with van der Waals surface area (Å²) in [7, 11) is 0. The maximum absolute atomic E-state index is 10.8. The average molecular weight is 322 g/mol. The van der Waals surface area contributed by atoms with Crippen molar-refractivity contribution in [2.24, 2.45) is 0 Å². The first-order valence-corrected chi connectivity index (χ1v) is 9.54. The van der Waals surface area contributed by atoms with Crippen LogP contribution in [0.2, 0.25) is 0 Å². The third kappa shape index (κ3) is 15.4. The van der Waals surface area contributed by atoms with Crippen LogP contribution in [0.1, 0.15) is 103 Å². The van der Waals surface area contributed by atoms with E-state index in [-0.39, 0.29) is 5.57 Å². The Bertz CT molecular complexity index is 355. The smallest absolute Gasteiger partial charge is 0.332 e. The minimum atomic E-state index is -0.957. The fourth-order valence-corrected chi connectivity index (χ4v) is 2.83. The van der Waals surface area contributed by atoms with Crippen molar-refractivity contribution in [2.75, 3.05) is 0 Å². The molecule has 0 rings (SSSR count). The van der Waals surface area contributed by atoms with Crippen LogP contribution >= 0.6 is 0 Å². The van der Waals surface area contributed by atoms with Crippen molar-refractivity contribution in [3.8, 4) is 6.07 Å². The molecule has 3 nitrogen and oxygen atoms in total. The molecule has 132 valence electrons.